The van der Waals surface area contributed by atoms with E-state index in [1.54, 1.807) is 4.52 Å². The van der Waals surface area contributed by atoms with E-state index < -0.39 is 0 Å². The lowest BCUT2D eigenvalue weighted by Gasteiger charge is -2.21. The monoisotopic (exact) mass is 312 g/mol. The van der Waals surface area contributed by atoms with E-state index in [2.05, 4.69) is 31.3 Å². The van der Waals surface area contributed by atoms with Crippen LogP contribution in [0.5, 0.6) is 0 Å². The largest absolute Gasteiger partial charge is 0.349 e. The number of rotatable bonds is 2. The van der Waals surface area contributed by atoms with Crippen molar-refractivity contribution in [3.8, 4) is 0 Å². The molecule has 0 aliphatic carbocycles. The minimum Gasteiger partial charge on any atom is -0.349 e. The Balaban J connectivity index is 1.83. The standard InChI is InChI=1S/C11H13BrN4S/c12-9-4-1-5-16-10(9)14-11(15-16)13-8-3-2-6-17-7-8/h1,4-5,8H,2-3,6-7H2,(H,13,15). The predicted molar refractivity (Wildman–Crippen MR) is 74.7 cm³/mol. The number of halogens is 1. The third-order valence-electron chi connectivity index (χ3n) is 2.81. The van der Waals surface area contributed by atoms with Crippen molar-refractivity contribution in [2.45, 2.75) is 18.9 Å². The highest BCUT2D eigenvalue weighted by Gasteiger charge is 2.15. The average molecular weight is 313 g/mol. The van der Waals surface area contributed by atoms with E-state index in [0.717, 1.165) is 21.8 Å². The molecular formula is C11H13BrN4S. The minimum atomic E-state index is 0.505. The number of fused-ring (bicyclic) bond motifs is 1. The molecule has 0 amide bonds. The third kappa shape index (κ3) is 2.42. The number of hydrogen-bond donors (Lipinski definition) is 1. The topological polar surface area (TPSA) is 42.2 Å². The molecule has 2 aromatic rings. The van der Waals surface area contributed by atoms with Crippen LogP contribution in [0.1, 0.15) is 12.8 Å². The molecule has 1 atom stereocenters. The molecule has 1 unspecified atom stereocenters. The highest BCUT2D eigenvalue weighted by Crippen LogP contribution is 2.21. The van der Waals surface area contributed by atoms with Gasteiger partial charge in [0.2, 0.25) is 5.95 Å². The van der Waals surface area contributed by atoms with Crippen molar-refractivity contribution >= 4 is 39.3 Å². The molecule has 6 heteroatoms. The maximum absolute atomic E-state index is 4.49. The minimum absolute atomic E-state index is 0.505. The van der Waals surface area contributed by atoms with Crippen molar-refractivity contribution in [3.05, 3.63) is 22.8 Å². The molecule has 0 bridgehead atoms. The van der Waals surface area contributed by atoms with Crippen LogP contribution in [0.3, 0.4) is 0 Å². The third-order valence-corrected chi connectivity index (χ3v) is 4.64. The number of hydrogen-bond acceptors (Lipinski definition) is 4. The predicted octanol–water partition coefficient (Wildman–Crippen LogP) is 2.80. The molecular weight excluding hydrogens is 300 g/mol. The van der Waals surface area contributed by atoms with Gasteiger partial charge in [-0.3, -0.25) is 0 Å². The van der Waals surface area contributed by atoms with E-state index in [1.165, 1.54) is 18.6 Å². The first-order valence-electron chi connectivity index (χ1n) is 5.68. The van der Waals surface area contributed by atoms with Crippen LogP contribution in [0.25, 0.3) is 5.65 Å². The Labute approximate surface area is 112 Å². The summed E-state index contributed by atoms with van der Waals surface area (Å²) in [5, 5.41) is 7.84. The second kappa shape index (κ2) is 4.86. The van der Waals surface area contributed by atoms with Gasteiger partial charge in [0, 0.05) is 18.0 Å². The van der Waals surface area contributed by atoms with Crippen LogP contribution in [-0.4, -0.2) is 32.1 Å². The van der Waals surface area contributed by atoms with Gasteiger partial charge in [-0.05, 0) is 46.7 Å². The Morgan fingerprint density at radius 1 is 1.53 bits per heavy atom. The van der Waals surface area contributed by atoms with Crippen molar-refractivity contribution in [1.29, 1.82) is 0 Å². The number of anilines is 1. The number of pyridine rings is 1. The first-order valence-corrected chi connectivity index (χ1v) is 7.63. The van der Waals surface area contributed by atoms with Gasteiger partial charge < -0.3 is 5.32 Å². The Morgan fingerprint density at radius 3 is 3.24 bits per heavy atom. The van der Waals surface area contributed by atoms with Crippen molar-refractivity contribution in [2.24, 2.45) is 0 Å². The van der Waals surface area contributed by atoms with Crippen LogP contribution in [-0.2, 0) is 0 Å². The van der Waals surface area contributed by atoms with Gasteiger partial charge in [-0.15, -0.1) is 5.10 Å². The highest BCUT2D eigenvalue weighted by atomic mass is 79.9. The van der Waals surface area contributed by atoms with Gasteiger partial charge in [0.25, 0.3) is 0 Å². The van der Waals surface area contributed by atoms with Gasteiger partial charge in [-0.2, -0.15) is 16.7 Å². The average Bonchev–Trinajstić information content (AvgIpc) is 2.74. The summed E-state index contributed by atoms with van der Waals surface area (Å²) in [4.78, 5) is 4.49. The lowest BCUT2D eigenvalue weighted by atomic mass is 10.2. The molecule has 3 rings (SSSR count). The molecule has 1 aliphatic rings. The zero-order valence-corrected chi connectivity index (χ0v) is 11.7. The molecule has 90 valence electrons. The molecule has 0 spiro atoms. The van der Waals surface area contributed by atoms with E-state index in [9.17, 15) is 0 Å². The van der Waals surface area contributed by atoms with E-state index in [4.69, 9.17) is 0 Å². The summed E-state index contributed by atoms with van der Waals surface area (Å²) in [5.74, 6) is 3.16. The van der Waals surface area contributed by atoms with E-state index in [0.29, 0.717) is 6.04 Å². The highest BCUT2D eigenvalue weighted by molar-refractivity contribution is 9.10. The van der Waals surface area contributed by atoms with Crippen LogP contribution in [0.4, 0.5) is 5.95 Å². The summed E-state index contributed by atoms with van der Waals surface area (Å²) in [7, 11) is 0. The van der Waals surface area contributed by atoms with Gasteiger partial charge in [0.15, 0.2) is 5.65 Å². The second-order valence-electron chi connectivity index (χ2n) is 4.12. The summed E-state index contributed by atoms with van der Waals surface area (Å²) in [5.41, 5.74) is 0.860. The molecule has 4 nitrogen and oxygen atoms in total. The first-order chi connectivity index (χ1) is 8.33. The fraction of sp³-hybridized carbons (Fsp3) is 0.455. The molecule has 1 aliphatic heterocycles. The normalized spacial score (nSPS) is 20.6. The van der Waals surface area contributed by atoms with Crippen LogP contribution in [0.15, 0.2) is 22.8 Å². The zero-order valence-electron chi connectivity index (χ0n) is 9.27. The molecule has 0 saturated carbocycles. The first kappa shape index (κ1) is 11.3. The maximum Gasteiger partial charge on any atom is 0.243 e. The SMILES string of the molecule is Brc1cccn2nc(NC3CCCSC3)nc12. The van der Waals surface area contributed by atoms with Gasteiger partial charge >= 0.3 is 0 Å². The van der Waals surface area contributed by atoms with Crippen molar-refractivity contribution in [2.75, 3.05) is 16.8 Å². The zero-order chi connectivity index (χ0) is 11.7. The summed E-state index contributed by atoms with van der Waals surface area (Å²) < 4.78 is 2.76. The number of nitrogens with one attached hydrogen (secondary N) is 1. The summed E-state index contributed by atoms with van der Waals surface area (Å²) in [6, 6.07) is 4.43. The maximum atomic E-state index is 4.49. The lowest BCUT2D eigenvalue weighted by Crippen LogP contribution is -2.26. The fourth-order valence-electron chi connectivity index (χ4n) is 1.97. The molecule has 0 radical (unpaired) electrons. The smallest absolute Gasteiger partial charge is 0.243 e. The van der Waals surface area contributed by atoms with Crippen LogP contribution >= 0.6 is 27.7 Å². The lowest BCUT2D eigenvalue weighted by molar-refractivity contribution is 0.678. The van der Waals surface area contributed by atoms with Gasteiger partial charge in [-0.1, -0.05) is 0 Å². The van der Waals surface area contributed by atoms with E-state index in [-0.39, 0.29) is 0 Å². The van der Waals surface area contributed by atoms with Gasteiger partial charge in [-0.25, -0.2) is 4.52 Å². The van der Waals surface area contributed by atoms with E-state index >= 15 is 0 Å². The van der Waals surface area contributed by atoms with Gasteiger partial charge in [0.05, 0.1) is 4.47 Å². The molecule has 17 heavy (non-hydrogen) atoms. The summed E-state index contributed by atoms with van der Waals surface area (Å²) in [6.45, 7) is 0. The fourth-order valence-corrected chi connectivity index (χ4v) is 3.47. The van der Waals surface area contributed by atoms with Crippen LogP contribution in [0, 0.1) is 0 Å². The molecule has 2 aromatic heterocycles. The molecule has 1 saturated heterocycles. The Morgan fingerprint density at radius 2 is 2.47 bits per heavy atom. The number of thioether (sulfide) groups is 1. The van der Waals surface area contributed by atoms with Crippen molar-refractivity contribution in [3.63, 3.8) is 0 Å². The Hall–Kier alpha value is -0.750. The quantitative estimate of drug-likeness (QED) is 0.926. The molecule has 1 N–H and O–H groups in total. The summed E-state index contributed by atoms with van der Waals surface area (Å²) >= 11 is 5.48. The molecule has 0 aromatic carbocycles. The second-order valence-corrected chi connectivity index (χ2v) is 6.12. The number of nitrogens with zero attached hydrogens (tertiary/aromatic N) is 3. The van der Waals surface area contributed by atoms with Crippen LogP contribution in [0.2, 0.25) is 0 Å². The number of aromatic nitrogens is 3. The molecule has 1 fully saturated rings. The Kier molecular flexibility index (Phi) is 3.24. The molecule has 3 heterocycles. The Bertz CT molecular complexity index is 521. The van der Waals surface area contributed by atoms with Crippen molar-refractivity contribution < 1.29 is 0 Å². The van der Waals surface area contributed by atoms with Gasteiger partial charge in [0.1, 0.15) is 0 Å². The van der Waals surface area contributed by atoms with Crippen LogP contribution < -0.4 is 5.32 Å². The van der Waals surface area contributed by atoms with Crippen molar-refractivity contribution in [1.82, 2.24) is 14.6 Å². The van der Waals surface area contributed by atoms with E-state index in [1.807, 2.05) is 30.1 Å². The summed E-state index contributed by atoms with van der Waals surface area (Å²) in [6.07, 6.45) is 4.40.